The van der Waals surface area contributed by atoms with E-state index in [1.807, 2.05) is 56.3 Å². The maximum Gasteiger partial charge on any atom is 0.255 e. The first-order valence-electron chi connectivity index (χ1n) is 10.1. The van der Waals surface area contributed by atoms with Gasteiger partial charge in [0.05, 0.1) is 11.8 Å². The third kappa shape index (κ3) is 3.65. The molecule has 2 unspecified atom stereocenters. The van der Waals surface area contributed by atoms with Gasteiger partial charge in [0, 0.05) is 41.5 Å². The lowest BCUT2D eigenvalue weighted by Crippen LogP contribution is -2.25. The summed E-state index contributed by atoms with van der Waals surface area (Å²) in [5.41, 5.74) is 12.6. The lowest BCUT2D eigenvalue weighted by atomic mass is 9.88. The molecule has 0 amide bonds. The van der Waals surface area contributed by atoms with Crippen LogP contribution in [0.3, 0.4) is 0 Å². The van der Waals surface area contributed by atoms with Crippen molar-refractivity contribution in [1.82, 2.24) is 4.57 Å². The first-order valence-corrected chi connectivity index (χ1v) is 10.5. The molecule has 3 aromatic rings. The van der Waals surface area contributed by atoms with E-state index in [2.05, 4.69) is 5.32 Å². The Kier molecular flexibility index (Phi) is 5.69. The number of rotatable bonds is 6. The Labute approximate surface area is 181 Å². The predicted octanol–water partition coefficient (Wildman–Crippen LogP) is 3.87. The molecule has 4 rings (SSSR count). The number of aryl methyl sites for hydroxylation is 2. The number of nitrogens with two attached hydrogens (primary N) is 1. The number of benzene rings is 2. The van der Waals surface area contributed by atoms with Crippen LogP contribution in [0.25, 0.3) is 5.69 Å². The molecule has 0 bridgehead atoms. The molecule has 0 radical (unpaired) electrons. The summed E-state index contributed by atoms with van der Waals surface area (Å²) in [6, 6.07) is 15.3. The highest BCUT2D eigenvalue weighted by Gasteiger charge is 2.33. The molecule has 2 atom stereocenters. The Hall–Kier alpha value is -2.60. The molecular weight excluding hydrogens is 398 g/mol. The van der Waals surface area contributed by atoms with Gasteiger partial charge in [-0.3, -0.25) is 9.36 Å². The molecule has 0 saturated heterocycles. The van der Waals surface area contributed by atoms with Crippen molar-refractivity contribution in [3.05, 3.63) is 91.9 Å². The van der Waals surface area contributed by atoms with Crippen LogP contribution in [-0.4, -0.2) is 22.3 Å². The minimum atomic E-state index is -0.615. The SMILES string of the molecule is Cc1ccc(NCC(O)CC2c3ccccc3-n3c2c(CN)c(C)cc3=O)cc1Cl. The monoisotopic (exact) mass is 423 g/mol. The van der Waals surface area contributed by atoms with Gasteiger partial charge in [0.1, 0.15) is 0 Å². The minimum Gasteiger partial charge on any atom is -0.391 e. The Morgan fingerprint density at radius 1 is 1.17 bits per heavy atom. The lowest BCUT2D eigenvalue weighted by molar-refractivity contribution is 0.172. The third-order valence-electron chi connectivity index (χ3n) is 5.90. The number of aliphatic hydroxyl groups is 1. The molecule has 2 heterocycles. The van der Waals surface area contributed by atoms with E-state index in [4.69, 9.17) is 17.3 Å². The molecule has 1 aliphatic rings. The third-order valence-corrected chi connectivity index (χ3v) is 6.30. The van der Waals surface area contributed by atoms with Crippen molar-refractivity contribution in [3.8, 4) is 5.69 Å². The molecule has 156 valence electrons. The van der Waals surface area contributed by atoms with Crippen molar-refractivity contribution < 1.29 is 5.11 Å². The summed E-state index contributed by atoms with van der Waals surface area (Å²) in [5, 5.41) is 14.8. The van der Waals surface area contributed by atoms with Gasteiger partial charge < -0.3 is 16.2 Å². The zero-order valence-electron chi connectivity index (χ0n) is 17.2. The van der Waals surface area contributed by atoms with Crippen LogP contribution in [0.1, 0.15) is 40.3 Å². The van der Waals surface area contributed by atoms with E-state index in [9.17, 15) is 9.90 Å². The fraction of sp³-hybridized carbons (Fsp3) is 0.292. The molecule has 1 aromatic heterocycles. The number of anilines is 1. The number of fused-ring (bicyclic) bond motifs is 3. The molecule has 6 heteroatoms. The van der Waals surface area contributed by atoms with E-state index in [1.54, 1.807) is 10.6 Å². The highest BCUT2D eigenvalue weighted by Crippen LogP contribution is 2.41. The van der Waals surface area contributed by atoms with Gasteiger partial charge in [-0.05, 0) is 60.7 Å². The van der Waals surface area contributed by atoms with Crippen LogP contribution in [0, 0.1) is 13.8 Å². The number of halogens is 1. The smallest absolute Gasteiger partial charge is 0.255 e. The molecule has 1 aliphatic heterocycles. The normalized spacial score (nSPS) is 15.6. The van der Waals surface area contributed by atoms with E-state index in [0.717, 1.165) is 39.3 Å². The van der Waals surface area contributed by atoms with Gasteiger partial charge in [-0.2, -0.15) is 0 Å². The number of aromatic nitrogens is 1. The van der Waals surface area contributed by atoms with Crippen LogP contribution < -0.4 is 16.6 Å². The molecule has 30 heavy (non-hydrogen) atoms. The average molecular weight is 424 g/mol. The fourth-order valence-corrected chi connectivity index (χ4v) is 4.52. The Bertz CT molecular complexity index is 1160. The van der Waals surface area contributed by atoms with Crippen LogP contribution in [0.2, 0.25) is 5.02 Å². The number of nitrogens with zero attached hydrogens (tertiary/aromatic N) is 1. The van der Waals surface area contributed by atoms with Crippen molar-refractivity contribution in [2.24, 2.45) is 5.73 Å². The number of pyridine rings is 1. The fourth-order valence-electron chi connectivity index (χ4n) is 4.34. The maximum absolute atomic E-state index is 12.8. The molecule has 0 aliphatic carbocycles. The van der Waals surface area contributed by atoms with E-state index in [1.165, 1.54) is 0 Å². The van der Waals surface area contributed by atoms with Crippen LogP contribution in [0.5, 0.6) is 0 Å². The lowest BCUT2D eigenvalue weighted by Gasteiger charge is -2.21. The van der Waals surface area contributed by atoms with Gasteiger partial charge in [0.15, 0.2) is 0 Å². The molecule has 0 saturated carbocycles. The van der Waals surface area contributed by atoms with E-state index in [-0.39, 0.29) is 11.5 Å². The Balaban J connectivity index is 1.63. The van der Waals surface area contributed by atoms with E-state index in [0.29, 0.717) is 24.5 Å². The van der Waals surface area contributed by atoms with E-state index >= 15 is 0 Å². The van der Waals surface area contributed by atoms with Crippen LogP contribution in [0.15, 0.2) is 53.3 Å². The van der Waals surface area contributed by atoms with Gasteiger partial charge >= 0.3 is 0 Å². The van der Waals surface area contributed by atoms with E-state index < -0.39 is 6.10 Å². The summed E-state index contributed by atoms with van der Waals surface area (Å²) in [6.07, 6.45) is -0.129. The number of hydrogen-bond acceptors (Lipinski definition) is 4. The van der Waals surface area contributed by atoms with Crippen molar-refractivity contribution >= 4 is 17.3 Å². The van der Waals surface area contributed by atoms with Crippen molar-refractivity contribution in [2.75, 3.05) is 11.9 Å². The Morgan fingerprint density at radius 2 is 1.93 bits per heavy atom. The molecule has 5 nitrogen and oxygen atoms in total. The summed E-state index contributed by atoms with van der Waals surface area (Å²) in [7, 11) is 0. The second-order valence-electron chi connectivity index (χ2n) is 7.91. The van der Waals surface area contributed by atoms with Crippen LogP contribution >= 0.6 is 11.6 Å². The Morgan fingerprint density at radius 3 is 2.67 bits per heavy atom. The number of hydrogen-bond donors (Lipinski definition) is 3. The molecule has 2 aromatic carbocycles. The first kappa shape index (κ1) is 20.7. The second-order valence-corrected chi connectivity index (χ2v) is 8.32. The maximum atomic E-state index is 12.8. The van der Waals surface area contributed by atoms with Gasteiger partial charge in [-0.25, -0.2) is 0 Å². The topological polar surface area (TPSA) is 80.3 Å². The summed E-state index contributed by atoms with van der Waals surface area (Å²) >= 11 is 6.20. The number of para-hydroxylation sites is 1. The van der Waals surface area contributed by atoms with Crippen molar-refractivity contribution in [1.29, 1.82) is 0 Å². The summed E-state index contributed by atoms with van der Waals surface area (Å²) in [6.45, 7) is 4.60. The van der Waals surface area contributed by atoms with Crippen molar-refractivity contribution in [2.45, 2.75) is 38.8 Å². The van der Waals surface area contributed by atoms with Crippen LogP contribution in [-0.2, 0) is 6.54 Å². The molecular formula is C24H26ClN3O2. The first-order chi connectivity index (χ1) is 14.4. The summed E-state index contributed by atoms with van der Waals surface area (Å²) in [4.78, 5) is 12.8. The molecule has 0 fully saturated rings. The minimum absolute atomic E-state index is 0.0587. The highest BCUT2D eigenvalue weighted by atomic mass is 35.5. The van der Waals surface area contributed by atoms with Gasteiger partial charge in [-0.1, -0.05) is 35.9 Å². The quantitative estimate of drug-likeness (QED) is 0.562. The molecule has 4 N–H and O–H groups in total. The number of aliphatic hydroxyl groups excluding tert-OH is 1. The second kappa shape index (κ2) is 8.26. The standard InChI is InChI=1S/C24H26ClN3O2/c1-14-7-8-16(10-21(14)25)27-13-17(29)11-19-18-5-3-4-6-22(18)28-23(30)9-15(2)20(12-26)24(19)28/h3-10,17,19,27,29H,11-13,26H2,1-2H3. The summed E-state index contributed by atoms with van der Waals surface area (Å²) in [5.74, 6) is -0.0919. The van der Waals surface area contributed by atoms with Crippen molar-refractivity contribution in [3.63, 3.8) is 0 Å². The van der Waals surface area contributed by atoms with Gasteiger partial charge in [-0.15, -0.1) is 0 Å². The van der Waals surface area contributed by atoms with Gasteiger partial charge in [0.2, 0.25) is 0 Å². The van der Waals surface area contributed by atoms with Crippen LogP contribution in [0.4, 0.5) is 5.69 Å². The zero-order valence-corrected chi connectivity index (χ0v) is 17.9. The predicted molar refractivity (Wildman–Crippen MR) is 122 cm³/mol. The largest absolute Gasteiger partial charge is 0.391 e. The zero-order chi connectivity index (χ0) is 21.4. The molecule has 0 spiro atoms. The number of nitrogens with one attached hydrogen (secondary N) is 1. The highest BCUT2D eigenvalue weighted by molar-refractivity contribution is 6.31. The van der Waals surface area contributed by atoms with Gasteiger partial charge in [0.25, 0.3) is 5.56 Å². The average Bonchev–Trinajstić information content (AvgIpc) is 3.04. The summed E-state index contributed by atoms with van der Waals surface area (Å²) < 4.78 is 1.76.